The molecule has 1 rings (SSSR count). The van der Waals surface area contributed by atoms with Crippen LogP contribution >= 0.6 is 0 Å². The SMILES string of the molecule is COc1cc(CC(N)C(=O)O)c(O)c(F)c1OC. The third-order valence-electron chi connectivity index (χ3n) is 2.42. The van der Waals surface area contributed by atoms with Crippen LogP contribution in [0.1, 0.15) is 5.56 Å². The maximum atomic E-state index is 13.7. The van der Waals surface area contributed by atoms with Crippen molar-refractivity contribution in [3.8, 4) is 17.2 Å². The van der Waals surface area contributed by atoms with Crippen LogP contribution in [0.4, 0.5) is 4.39 Å². The molecule has 0 aliphatic heterocycles. The predicted molar refractivity (Wildman–Crippen MR) is 60.5 cm³/mol. The molecule has 1 unspecified atom stereocenters. The number of benzene rings is 1. The van der Waals surface area contributed by atoms with Gasteiger partial charge in [-0.2, -0.15) is 4.39 Å². The fraction of sp³-hybridized carbons (Fsp3) is 0.364. The minimum atomic E-state index is -1.25. The van der Waals surface area contributed by atoms with Crippen molar-refractivity contribution in [1.82, 2.24) is 0 Å². The molecule has 100 valence electrons. The number of methoxy groups -OCH3 is 2. The number of aromatic hydroxyl groups is 1. The Labute approximate surface area is 103 Å². The molecule has 0 saturated carbocycles. The number of carboxylic acids is 1. The van der Waals surface area contributed by atoms with Gasteiger partial charge in [-0.05, 0) is 6.07 Å². The largest absolute Gasteiger partial charge is 0.505 e. The van der Waals surface area contributed by atoms with E-state index in [9.17, 15) is 14.3 Å². The van der Waals surface area contributed by atoms with E-state index in [4.69, 9.17) is 20.3 Å². The van der Waals surface area contributed by atoms with Gasteiger partial charge in [0.05, 0.1) is 14.2 Å². The van der Waals surface area contributed by atoms with Gasteiger partial charge in [-0.15, -0.1) is 0 Å². The summed E-state index contributed by atoms with van der Waals surface area (Å²) in [6.45, 7) is 0. The Kier molecular flexibility index (Phi) is 4.33. The topological polar surface area (TPSA) is 102 Å². The summed E-state index contributed by atoms with van der Waals surface area (Å²) in [6, 6.07) is 0.0495. The Hall–Kier alpha value is -2.02. The second kappa shape index (κ2) is 5.54. The predicted octanol–water partition coefficient (Wildman–Crippen LogP) is 0.503. The van der Waals surface area contributed by atoms with Crippen LogP contribution in [0.2, 0.25) is 0 Å². The Bertz CT molecular complexity index is 463. The van der Waals surface area contributed by atoms with E-state index >= 15 is 0 Å². The van der Waals surface area contributed by atoms with Gasteiger partial charge < -0.3 is 25.4 Å². The minimum Gasteiger partial charge on any atom is -0.505 e. The first-order valence-electron chi connectivity index (χ1n) is 5.03. The van der Waals surface area contributed by atoms with Gasteiger partial charge >= 0.3 is 5.97 Å². The van der Waals surface area contributed by atoms with Crippen molar-refractivity contribution in [1.29, 1.82) is 0 Å². The monoisotopic (exact) mass is 259 g/mol. The second-order valence-electron chi connectivity index (χ2n) is 3.58. The van der Waals surface area contributed by atoms with Crippen LogP contribution in [-0.2, 0) is 11.2 Å². The molecule has 1 aromatic carbocycles. The van der Waals surface area contributed by atoms with E-state index in [1.54, 1.807) is 0 Å². The van der Waals surface area contributed by atoms with Crippen LogP contribution in [0, 0.1) is 5.82 Å². The van der Waals surface area contributed by atoms with Crippen molar-refractivity contribution in [2.45, 2.75) is 12.5 Å². The van der Waals surface area contributed by atoms with Crippen LogP contribution < -0.4 is 15.2 Å². The van der Waals surface area contributed by atoms with Crippen LogP contribution in [0.5, 0.6) is 17.2 Å². The van der Waals surface area contributed by atoms with E-state index < -0.39 is 23.6 Å². The number of carbonyl (C=O) groups is 1. The second-order valence-corrected chi connectivity index (χ2v) is 3.58. The Morgan fingerprint density at radius 1 is 1.50 bits per heavy atom. The molecule has 1 aromatic rings. The lowest BCUT2D eigenvalue weighted by Gasteiger charge is -2.14. The van der Waals surface area contributed by atoms with Crippen LogP contribution in [-0.4, -0.2) is 36.4 Å². The molecular weight excluding hydrogens is 245 g/mol. The zero-order valence-electron chi connectivity index (χ0n) is 9.94. The average Bonchev–Trinajstić information content (AvgIpc) is 2.34. The van der Waals surface area contributed by atoms with E-state index in [1.807, 2.05) is 0 Å². The highest BCUT2D eigenvalue weighted by Gasteiger charge is 2.22. The molecule has 0 spiro atoms. The fourth-order valence-electron chi connectivity index (χ4n) is 1.47. The summed E-state index contributed by atoms with van der Waals surface area (Å²) in [4.78, 5) is 10.6. The van der Waals surface area contributed by atoms with Crippen molar-refractivity contribution in [3.05, 3.63) is 17.4 Å². The van der Waals surface area contributed by atoms with Crippen molar-refractivity contribution in [2.24, 2.45) is 5.73 Å². The zero-order chi connectivity index (χ0) is 13.9. The third-order valence-corrected chi connectivity index (χ3v) is 2.42. The maximum Gasteiger partial charge on any atom is 0.320 e. The highest BCUT2D eigenvalue weighted by atomic mass is 19.1. The van der Waals surface area contributed by atoms with Crippen molar-refractivity contribution in [3.63, 3.8) is 0 Å². The van der Waals surface area contributed by atoms with Gasteiger partial charge in [0.2, 0.25) is 11.6 Å². The van der Waals surface area contributed by atoms with E-state index in [-0.39, 0.29) is 23.5 Å². The standard InChI is InChI=1S/C11H14FNO5/c1-17-7-4-5(3-6(13)11(15)16)9(14)8(12)10(7)18-2/h4,6,14H,3,13H2,1-2H3,(H,15,16). The Morgan fingerprint density at radius 3 is 2.56 bits per heavy atom. The first kappa shape index (κ1) is 14.0. The highest BCUT2D eigenvalue weighted by Crippen LogP contribution is 2.38. The molecule has 0 aromatic heterocycles. The van der Waals surface area contributed by atoms with Crippen LogP contribution in [0.15, 0.2) is 6.07 Å². The number of aliphatic carboxylic acids is 1. The van der Waals surface area contributed by atoms with Gasteiger partial charge in [0.15, 0.2) is 11.5 Å². The molecule has 0 aliphatic rings. The van der Waals surface area contributed by atoms with Gasteiger partial charge in [0.1, 0.15) is 6.04 Å². The van der Waals surface area contributed by atoms with E-state index in [2.05, 4.69) is 0 Å². The Balaban J connectivity index is 3.21. The van der Waals surface area contributed by atoms with Crippen molar-refractivity contribution < 1.29 is 28.9 Å². The average molecular weight is 259 g/mol. The summed E-state index contributed by atoms with van der Waals surface area (Å²) in [5.74, 6) is -3.14. The molecule has 0 bridgehead atoms. The summed E-state index contributed by atoms with van der Waals surface area (Å²) in [5, 5.41) is 18.3. The molecule has 18 heavy (non-hydrogen) atoms. The first-order valence-corrected chi connectivity index (χ1v) is 5.03. The molecule has 0 heterocycles. The number of phenolic OH excluding ortho intramolecular Hbond substituents is 1. The lowest BCUT2D eigenvalue weighted by Crippen LogP contribution is -2.32. The number of hydrogen-bond donors (Lipinski definition) is 3. The summed E-state index contributed by atoms with van der Waals surface area (Å²) < 4.78 is 23.4. The van der Waals surface area contributed by atoms with Gasteiger partial charge in [-0.1, -0.05) is 0 Å². The van der Waals surface area contributed by atoms with E-state index in [0.29, 0.717) is 0 Å². The number of nitrogens with two attached hydrogens (primary N) is 1. The smallest absolute Gasteiger partial charge is 0.320 e. The number of halogens is 1. The normalized spacial score (nSPS) is 12.0. The third kappa shape index (κ3) is 2.62. The molecule has 0 amide bonds. The van der Waals surface area contributed by atoms with E-state index in [0.717, 1.165) is 0 Å². The maximum absolute atomic E-state index is 13.7. The summed E-state index contributed by atoms with van der Waals surface area (Å²) in [5.41, 5.74) is 5.37. The lowest BCUT2D eigenvalue weighted by atomic mass is 10.0. The number of rotatable bonds is 5. The molecule has 6 nitrogen and oxygen atoms in total. The van der Waals surface area contributed by atoms with Crippen LogP contribution in [0.25, 0.3) is 0 Å². The first-order chi connectivity index (χ1) is 8.42. The molecular formula is C11H14FNO5. The molecule has 4 N–H and O–H groups in total. The molecule has 0 fully saturated rings. The van der Waals surface area contributed by atoms with Gasteiger partial charge in [0.25, 0.3) is 0 Å². The van der Waals surface area contributed by atoms with Crippen molar-refractivity contribution >= 4 is 5.97 Å². The lowest BCUT2D eigenvalue weighted by molar-refractivity contribution is -0.138. The Morgan fingerprint density at radius 2 is 2.11 bits per heavy atom. The minimum absolute atomic E-state index is 0.0417. The van der Waals surface area contributed by atoms with Crippen molar-refractivity contribution in [2.75, 3.05) is 14.2 Å². The molecule has 1 atom stereocenters. The zero-order valence-corrected chi connectivity index (χ0v) is 9.94. The summed E-state index contributed by atoms with van der Waals surface area (Å²) in [6.07, 6.45) is -0.224. The fourth-order valence-corrected chi connectivity index (χ4v) is 1.47. The number of phenols is 1. The molecule has 0 radical (unpaired) electrons. The van der Waals surface area contributed by atoms with E-state index in [1.165, 1.54) is 20.3 Å². The van der Waals surface area contributed by atoms with Gasteiger partial charge in [0, 0.05) is 12.0 Å². The van der Waals surface area contributed by atoms with Crippen LogP contribution in [0.3, 0.4) is 0 Å². The molecule has 0 saturated heterocycles. The van der Waals surface area contributed by atoms with Gasteiger partial charge in [-0.3, -0.25) is 4.79 Å². The molecule has 0 aliphatic carbocycles. The molecule has 7 heteroatoms. The number of carboxylic acid groups (broad SMARTS) is 1. The quantitative estimate of drug-likeness (QED) is 0.711. The van der Waals surface area contributed by atoms with Gasteiger partial charge in [-0.25, -0.2) is 0 Å². The summed E-state index contributed by atoms with van der Waals surface area (Å²) in [7, 11) is 2.53. The number of hydrogen-bond acceptors (Lipinski definition) is 5. The highest BCUT2D eigenvalue weighted by molar-refractivity contribution is 5.73. The summed E-state index contributed by atoms with van der Waals surface area (Å²) >= 11 is 0. The number of ether oxygens (including phenoxy) is 2.